The van der Waals surface area contributed by atoms with Crippen molar-refractivity contribution in [2.24, 2.45) is 0 Å². The maximum Gasteiger partial charge on any atom is 0.0613 e. The molecule has 2 rings (SSSR count). The van der Waals surface area contributed by atoms with Gasteiger partial charge >= 0.3 is 0 Å². The number of rotatable bonds is 8. The largest absolute Gasteiger partial charge is 0.394 e. The van der Waals surface area contributed by atoms with Crippen molar-refractivity contribution >= 4 is 0 Å². The first kappa shape index (κ1) is 16.3. The summed E-state index contributed by atoms with van der Waals surface area (Å²) in [6, 6.07) is 1.98. The molecule has 0 amide bonds. The highest BCUT2D eigenvalue weighted by Crippen LogP contribution is 2.37. The number of hydrogen-bond donors (Lipinski definition) is 2. The highest BCUT2D eigenvalue weighted by atomic mass is 16.3. The second kappa shape index (κ2) is 7.24. The van der Waals surface area contributed by atoms with Gasteiger partial charge in [-0.2, -0.15) is 0 Å². The molecule has 2 aliphatic rings. The average molecular weight is 282 g/mol. The van der Waals surface area contributed by atoms with Gasteiger partial charge in [-0.25, -0.2) is 0 Å². The minimum atomic E-state index is -0.0313. The van der Waals surface area contributed by atoms with Gasteiger partial charge in [0.05, 0.1) is 6.61 Å². The minimum absolute atomic E-state index is 0.0313. The molecule has 20 heavy (non-hydrogen) atoms. The van der Waals surface area contributed by atoms with Crippen molar-refractivity contribution in [3.8, 4) is 0 Å². The van der Waals surface area contributed by atoms with Crippen molar-refractivity contribution in [2.75, 3.05) is 13.2 Å². The van der Waals surface area contributed by atoms with Gasteiger partial charge in [-0.15, -0.1) is 0 Å². The van der Waals surface area contributed by atoms with Gasteiger partial charge in [-0.05, 0) is 51.5 Å². The van der Waals surface area contributed by atoms with E-state index in [1.54, 1.807) is 0 Å². The van der Waals surface area contributed by atoms with Crippen molar-refractivity contribution < 1.29 is 5.11 Å². The smallest absolute Gasteiger partial charge is 0.0613 e. The topological polar surface area (TPSA) is 35.5 Å². The summed E-state index contributed by atoms with van der Waals surface area (Å²) in [6.45, 7) is 8.21. The molecule has 2 aliphatic carbocycles. The number of hydrogen-bond acceptors (Lipinski definition) is 3. The third kappa shape index (κ3) is 4.19. The van der Waals surface area contributed by atoms with Crippen LogP contribution in [0.5, 0.6) is 0 Å². The van der Waals surface area contributed by atoms with Gasteiger partial charge in [0.15, 0.2) is 0 Å². The number of aliphatic hydroxyl groups excluding tert-OH is 1. The normalized spacial score (nSPS) is 31.2. The third-order valence-corrected chi connectivity index (χ3v) is 4.97. The Morgan fingerprint density at radius 3 is 2.55 bits per heavy atom. The highest BCUT2D eigenvalue weighted by molar-refractivity contribution is 5.00. The Morgan fingerprint density at radius 1 is 1.25 bits per heavy atom. The Hall–Kier alpha value is -0.120. The molecule has 0 saturated heterocycles. The van der Waals surface area contributed by atoms with Gasteiger partial charge in [-0.3, -0.25) is 4.90 Å². The molecule has 3 nitrogen and oxygen atoms in total. The van der Waals surface area contributed by atoms with Crippen LogP contribution in [0.4, 0.5) is 0 Å². The summed E-state index contributed by atoms with van der Waals surface area (Å²) < 4.78 is 0. The standard InChI is InChI=1S/C17H34N2O/c1-4-5-11-19(15-8-9-15)16-7-6-10-17(12-16,13-20)18-14(2)3/h14-16,18,20H,4-13H2,1-3H3. The molecule has 0 aliphatic heterocycles. The lowest BCUT2D eigenvalue weighted by Gasteiger charge is -2.45. The Morgan fingerprint density at radius 2 is 2.00 bits per heavy atom. The van der Waals surface area contributed by atoms with Gasteiger partial charge in [-0.1, -0.05) is 27.2 Å². The molecule has 2 atom stereocenters. The maximum atomic E-state index is 9.94. The van der Waals surface area contributed by atoms with Gasteiger partial charge in [0.1, 0.15) is 0 Å². The zero-order chi connectivity index (χ0) is 14.6. The highest BCUT2D eigenvalue weighted by Gasteiger charge is 2.41. The predicted octanol–water partition coefficient (Wildman–Crippen LogP) is 2.92. The number of unbranched alkanes of at least 4 members (excludes halogenated alkanes) is 1. The fourth-order valence-corrected chi connectivity index (χ4v) is 3.96. The summed E-state index contributed by atoms with van der Waals surface area (Å²) in [5, 5.41) is 13.6. The van der Waals surface area contributed by atoms with Crippen molar-refractivity contribution in [1.29, 1.82) is 0 Å². The van der Waals surface area contributed by atoms with Crippen LogP contribution in [0.2, 0.25) is 0 Å². The van der Waals surface area contributed by atoms with Gasteiger partial charge in [0.2, 0.25) is 0 Å². The van der Waals surface area contributed by atoms with Crippen LogP contribution >= 0.6 is 0 Å². The molecule has 0 spiro atoms. The van der Waals surface area contributed by atoms with Gasteiger partial charge in [0, 0.05) is 23.7 Å². The summed E-state index contributed by atoms with van der Waals surface area (Å²) >= 11 is 0. The third-order valence-electron chi connectivity index (χ3n) is 4.97. The second-order valence-corrected chi connectivity index (χ2v) is 7.31. The lowest BCUT2D eigenvalue weighted by atomic mass is 9.78. The van der Waals surface area contributed by atoms with Crippen LogP contribution in [0.25, 0.3) is 0 Å². The molecule has 2 N–H and O–H groups in total. The van der Waals surface area contributed by atoms with Crippen LogP contribution in [-0.4, -0.2) is 46.8 Å². The molecule has 0 aromatic rings. The molecule has 0 aromatic carbocycles. The first-order valence-electron chi connectivity index (χ1n) is 8.74. The van der Waals surface area contributed by atoms with E-state index in [4.69, 9.17) is 0 Å². The van der Waals surface area contributed by atoms with E-state index in [2.05, 4.69) is 31.0 Å². The molecule has 3 heteroatoms. The molecule has 2 unspecified atom stereocenters. The van der Waals surface area contributed by atoms with Crippen molar-refractivity contribution in [1.82, 2.24) is 10.2 Å². The Balaban J connectivity index is 1.99. The number of aliphatic hydroxyl groups is 1. The molecule has 0 aromatic heterocycles. The summed E-state index contributed by atoms with van der Waals surface area (Å²) in [4.78, 5) is 2.77. The predicted molar refractivity (Wildman–Crippen MR) is 85.0 cm³/mol. The van der Waals surface area contributed by atoms with E-state index in [0.29, 0.717) is 12.1 Å². The van der Waals surface area contributed by atoms with Crippen molar-refractivity contribution in [2.45, 2.75) is 95.8 Å². The first-order valence-corrected chi connectivity index (χ1v) is 8.74. The molecular weight excluding hydrogens is 248 g/mol. The number of nitrogens with one attached hydrogen (secondary N) is 1. The van der Waals surface area contributed by atoms with Crippen LogP contribution in [-0.2, 0) is 0 Å². The van der Waals surface area contributed by atoms with E-state index in [1.165, 1.54) is 45.1 Å². The molecule has 2 fully saturated rings. The Kier molecular flexibility index (Phi) is 5.88. The number of nitrogens with zero attached hydrogens (tertiary/aromatic N) is 1. The SMILES string of the molecule is CCCCN(C1CC1)C1CCCC(CO)(NC(C)C)C1. The van der Waals surface area contributed by atoms with Crippen LogP contribution in [0, 0.1) is 0 Å². The summed E-state index contributed by atoms with van der Waals surface area (Å²) in [5.41, 5.74) is -0.0313. The Bertz CT molecular complexity index is 291. The van der Waals surface area contributed by atoms with E-state index in [1.807, 2.05) is 0 Å². The molecular formula is C17H34N2O. The van der Waals surface area contributed by atoms with E-state index in [9.17, 15) is 5.11 Å². The lowest BCUT2D eigenvalue weighted by Crippen LogP contribution is -2.58. The molecule has 0 heterocycles. The lowest BCUT2D eigenvalue weighted by molar-refractivity contribution is 0.0500. The molecule has 118 valence electrons. The summed E-state index contributed by atoms with van der Waals surface area (Å²) in [5.74, 6) is 0. The van der Waals surface area contributed by atoms with Crippen LogP contribution < -0.4 is 5.32 Å². The van der Waals surface area contributed by atoms with Gasteiger partial charge < -0.3 is 10.4 Å². The molecule has 0 radical (unpaired) electrons. The summed E-state index contributed by atoms with van der Waals surface area (Å²) in [6.07, 6.45) is 10.2. The van der Waals surface area contributed by atoms with E-state index in [-0.39, 0.29) is 12.1 Å². The summed E-state index contributed by atoms with van der Waals surface area (Å²) in [7, 11) is 0. The second-order valence-electron chi connectivity index (χ2n) is 7.31. The van der Waals surface area contributed by atoms with Crippen molar-refractivity contribution in [3.63, 3.8) is 0 Å². The van der Waals surface area contributed by atoms with E-state index < -0.39 is 0 Å². The monoisotopic (exact) mass is 282 g/mol. The maximum absolute atomic E-state index is 9.94. The van der Waals surface area contributed by atoms with E-state index >= 15 is 0 Å². The average Bonchev–Trinajstić information content (AvgIpc) is 3.23. The van der Waals surface area contributed by atoms with Crippen LogP contribution in [0.1, 0.15) is 72.1 Å². The van der Waals surface area contributed by atoms with Crippen LogP contribution in [0.3, 0.4) is 0 Å². The first-order chi connectivity index (χ1) is 9.60. The van der Waals surface area contributed by atoms with Crippen molar-refractivity contribution in [3.05, 3.63) is 0 Å². The van der Waals surface area contributed by atoms with Crippen LogP contribution in [0.15, 0.2) is 0 Å². The van der Waals surface area contributed by atoms with E-state index in [0.717, 1.165) is 18.9 Å². The zero-order valence-electron chi connectivity index (χ0n) is 13.7. The zero-order valence-corrected chi connectivity index (χ0v) is 13.7. The Labute approximate surface area is 125 Å². The molecule has 2 saturated carbocycles. The minimum Gasteiger partial charge on any atom is -0.394 e. The van der Waals surface area contributed by atoms with Gasteiger partial charge in [0.25, 0.3) is 0 Å². The fraction of sp³-hybridized carbons (Fsp3) is 1.00. The fourth-order valence-electron chi connectivity index (χ4n) is 3.96. The quantitative estimate of drug-likeness (QED) is 0.718. The molecule has 0 bridgehead atoms.